The molecule has 0 fully saturated rings. The second-order valence-electron chi connectivity index (χ2n) is 14.1. The van der Waals surface area contributed by atoms with Crippen LogP contribution in [0.4, 0.5) is 26.3 Å². The molecule has 0 bridgehead atoms. The van der Waals surface area contributed by atoms with Crippen LogP contribution in [0.1, 0.15) is 71.8 Å². The van der Waals surface area contributed by atoms with Gasteiger partial charge in [0.25, 0.3) is 33.7 Å². The number of imide groups is 2. The lowest BCUT2D eigenvalue weighted by atomic mass is 9.85. The van der Waals surface area contributed by atoms with E-state index in [9.17, 15) is 53.9 Å². The molecule has 0 radical (unpaired) electrons. The van der Waals surface area contributed by atoms with Gasteiger partial charge in [-0.3, -0.25) is 33.5 Å². The van der Waals surface area contributed by atoms with Gasteiger partial charge in [-0.25, -0.2) is 0 Å². The van der Waals surface area contributed by atoms with E-state index in [1.165, 1.54) is 48.5 Å². The topological polar surface area (TPSA) is 141 Å². The van der Waals surface area contributed by atoms with E-state index in [1.54, 1.807) is 36.4 Å². The predicted octanol–water partition coefficient (Wildman–Crippen LogP) is 8.49. The van der Waals surface area contributed by atoms with E-state index in [1.807, 2.05) is 0 Å². The molecule has 8 rings (SSSR count). The lowest BCUT2D eigenvalue weighted by Crippen LogP contribution is -2.43. The molecule has 0 saturated heterocycles. The number of hydrogen-bond acceptors (Lipinski definition) is 7. The number of nitrogens with zero attached hydrogens (tertiary/aromatic N) is 2. The van der Waals surface area contributed by atoms with Gasteiger partial charge in [0.05, 0.1) is 28.5 Å². The normalized spacial score (nSPS) is 14.5. The van der Waals surface area contributed by atoms with Gasteiger partial charge in [-0.05, 0) is 76.8 Å². The zero-order valence-electron chi connectivity index (χ0n) is 31.0. The molecule has 0 unspecified atom stereocenters. The number of carbonyl (C=O) groups excluding carboxylic acids is 4. The number of fused-ring (bicyclic) bond motifs is 4. The van der Waals surface area contributed by atoms with Crippen molar-refractivity contribution in [2.75, 3.05) is 32.4 Å². The molecule has 6 aromatic rings. The highest BCUT2D eigenvalue weighted by atomic mass is 32.2. The first-order valence-corrected chi connectivity index (χ1v) is 20.1. The second kappa shape index (κ2) is 15.4. The Kier molecular flexibility index (Phi) is 10.7. The van der Waals surface area contributed by atoms with Crippen molar-refractivity contribution in [1.82, 2.24) is 15.1 Å². The Morgan fingerprint density at radius 3 is 1.29 bits per heavy atom. The Morgan fingerprint density at radius 2 is 0.881 bits per heavy atom. The molecule has 6 aromatic carbocycles. The lowest BCUT2D eigenvalue weighted by Gasteiger charge is -2.30. The van der Waals surface area contributed by atoms with Crippen molar-refractivity contribution >= 4 is 76.8 Å². The third kappa shape index (κ3) is 7.61. The molecule has 2 aliphatic heterocycles. The first-order valence-electron chi connectivity index (χ1n) is 18.3. The Balaban J connectivity index is 0.000000997. The maximum atomic E-state index is 14.6. The summed E-state index contributed by atoms with van der Waals surface area (Å²) in [6, 6.07) is 21.1. The number of nitrogens with one attached hydrogen (secondary N) is 1. The smallest absolute Gasteiger partial charge is 0.317 e. The average Bonchev–Trinajstić information content (AvgIpc) is 3.17. The van der Waals surface area contributed by atoms with Crippen LogP contribution in [-0.4, -0.2) is 78.8 Å². The van der Waals surface area contributed by atoms with Crippen molar-refractivity contribution in [3.63, 3.8) is 0 Å². The van der Waals surface area contributed by atoms with Crippen molar-refractivity contribution in [1.29, 1.82) is 0 Å². The van der Waals surface area contributed by atoms with Gasteiger partial charge in [-0.2, -0.15) is 34.8 Å². The summed E-state index contributed by atoms with van der Waals surface area (Å²) in [7, 11) is -3.67. The molecule has 4 amide bonds. The zero-order chi connectivity index (χ0) is 42.6. The molecule has 0 spiro atoms. The van der Waals surface area contributed by atoms with Crippen LogP contribution in [0.3, 0.4) is 0 Å². The minimum absolute atomic E-state index is 0.00902. The van der Waals surface area contributed by atoms with Gasteiger partial charge < -0.3 is 5.32 Å². The second-order valence-corrected chi connectivity index (χ2v) is 15.6. The fourth-order valence-electron chi connectivity index (χ4n) is 8.01. The van der Waals surface area contributed by atoms with Gasteiger partial charge in [-0.1, -0.05) is 72.8 Å². The summed E-state index contributed by atoms with van der Waals surface area (Å²) in [4.78, 5) is 56.0. The first-order chi connectivity index (χ1) is 27.8. The molecule has 0 saturated carbocycles. The van der Waals surface area contributed by atoms with E-state index in [2.05, 4.69) is 5.32 Å². The maximum absolute atomic E-state index is 14.6. The molecular weight excluding hydrogens is 805 g/mol. The summed E-state index contributed by atoms with van der Waals surface area (Å²) in [5, 5.41) is 4.21. The van der Waals surface area contributed by atoms with Crippen molar-refractivity contribution < 1.29 is 58.5 Å². The standard InChI is InChI=1S/C41H29F6N3O4.CH4O3S/c42-40(43,44)34-26-12-3-1-10-22(26)24-14-7-16-28-30(24)32(34)38(53)49(36(28)51)20-6-5-18-48-19-9-21-50-37(52)29-17-8-15-25-23-11-2-4-13-27(23)35(41(45,46)47)33(31(25)29)39(50)54;1-5(2,3)4/h1-4,7-8,10-17,48H,5-6,9,18-21H2;1H3,(H,2,3,4). The molecule has 306 valence electrons. The van der Waals surface area contributed by atoms with Crippen LogP contribution in [0.15, 0.2) is 84.9 Å². The van der Waals surface area contributed by atoms with Crippen LogP contribution in [0.25, 0.3) is 43.1 Å². The van der Waals surface area contributed by atoms with E-state index in [4.69, 9.17) is 4.55 Å². The van der Waals surface area contributed by atoms with Crippen LogP contribution in [0.5, 0.6) is 0 Å². The number of amides is 4. The van der Waals surface area contributed by atoms with E-state index < -0.39 is 68.4 Å². The molecule has 17 heteroatoms. The van der Waals surface area contributed by atoms with Crippen LogP contribution >= 0.6 is 0 Å². The molecule has 59 heavy (non-hydrogen) atoms. The minimum Gasteiger partial charge on any atom is -0.317 e. The van der Waals surface area contributed by atoms with Crippen LogP contribution < -0.4 is 5.32 Å². The minimum atomic E-state index is -4.87. The molecule has 2 N–H and O–H groups in total. The van der Waals surface area contributed by atoms with E-state index >= 15 is 0 Å². The van der Waals surface area contributed by atoms with Gasteiger partial charge in [0.15, 0.2) is 0 Å². The molecule has 0 aromatic heterocycles. The fourth-order valence-corrected chi connectivity index (χ4v) is 8.01. The lowest BCUT2D eigenvalue weighted by molar-refractivity contribution is -0.137. The molecule has 0 atom stereocenters. The monoisotopic (exact) mass is 837 g/mol. The van der Waals surface area contributed by atoms with E-state index in [-0.39, 0.29) is 65.1 Å². The maximum Gasteiger partial charge on any atom is 0.417 e. The van der Waals surface area contributed by atoms with E-state index in [0.717, 1.165) is 9.80 Å². The van der Waals surface area contributed by atoms with Gasteiger partial charge in [0.1, 0.15) is 0 Å². The Labute approximate surface area is 332 Å². The highest BCUT2D eigenvalue weighted by Crippen LogP contribution is 2.47. The van der Waals surface area contributed by atoms with Gasteiger partial charge in [0, 0.05) is 35.0 Å². The molecule has 10 nitrogen and oxygen atoms in total. The number of hydrogen-bond donors (Lipinski definition) is 2. The Bertz CT molecular complexity index is 2670. The number of halogens is 6. The number of alkyl halides is 6. The third-order valence-corrected chi connectivity index (χ3v) is 10.3. The predicted molar refractivity (Wildman–Crippen MR) is 208 cm³/mol. The van der Waals surface area contributed by atoms with Crippen molar-refractivity contribution in [2.24, 2.45) is 0 Å². The molecule has 0 aliphatic carbocycles. The highest BCUT2D eigenvalue weighted by Gasteiger charge is 2.45. The molecule has 2 heterocycles. The van der Waals surface area contributed by atoms with Crippen LogP contribution in [0.2, 0.25) is 0 Å². The van der Waals surface area contributed by atoms with Gasteiger partial charge in [-0.15, -0.1) is 0 Å². The van der Waals surface area contributed by atoms with Crippen LogP contribution in [-0.2, 0) is 22.5 Å². The van der Waals surface area contributed by atoms with Crippen molar-refractivity contribution in [3.05, 3.63) is 118 Å². The third-order valence-electron chi connectivity index (χ3n) is 10.3. The SMILES string of the molecule is CS(=O)(=O)O.O=C1c2cccc3c2c(c(C(F)(F)F)c2ccccc23)C(=O)N1CCCCNCCCN1C(=O)c2cccc3c2c(c(C(F)(F)F)c2ccccc23)C1=O. The number of unbranched alkanes of at least 4 members (excludes halogenated alkanes) is 1. The van der Waals surface area contributed by atoms with Gasteiger partial charge >= 0.3 is 12.4 Å². The molecule has 2 aliphatic rings. The van der Waals surface area contributed by atoms with Crippen molar-refractivity contribution in [3.8, 4) is 0 Å². The van der Waals surface area contributed by atoms with Crippen LogP contribution in [0, 0.1) is 0 Å². The zero-order valence-corrected chi connectivity index (χ0v) is 31.8. The number of rotatable bonds is 9. The largest absolute Gasteiger partial charge is 0.417 e. The molecular formula is C42H33F6N3O7S. The summed E-state index contributed by atoms with van der Waals surface area (Å²) < 4.78 is 113. The van der Waals surface area contributed by atoms with E-state index in [0.29, 0.717) is 40.8 Å². The summed E-state index contributed by atoms with van der Waals surface area (Å²) in [6.45, 7) is 0.353. The fraction of sp³-hybridized carbons (Fsp3) is 0.238. The Morgan fingerprint density at radius 1 is 0.525 bits per heavy atom. The first kappa shape index (κ1) is 41.3. The Hall–Kier alpha value is -5.91. The highest BCUT2D eigenvalue weighted by molar-refractivity contribution is 7.85. The van der Waals surface area contributed by atoms with Gasteiger partial charge in [0.2, 0.25) is 0 Å². The summed E-state index contributed by atoms with van der Waals surface area (Å²) in [6.07, 6.45) is -8.12. The average molecular weight is 838 g/mol. The number of benzene rings is 6. The summed E-state index contributed by atoms with van der Waals surface area (Å²) in [5.74, 6) is -3.39. The number of carbonyl (C=O) groups is 4. The summed E-state index contributed by atoms with van der Waals surface area (Å²) in [5.41, 5.74) is -3.20. The quantitative estimate of drug-likeness (QED) is 0.0486. The summed E-state index contributed by atoms with van der Waals surface area (Å²) >= 11 is 0. The van der Waals surface area contributed by atoms with Crippen molar-refractivity contribution in [2.45, 2.75) is 31.6 Å².